The lowest BCUT2D eigenvalue weighted by Crippen LogP contribution is -2.39. The zero-order chi connectivity index (χ0) is 17.4. The van der Waals surface area contributed by atoms with Crippen LogP contribution in [-0.2, 0) is 17.8 Å². The number of imidazole rings is 1. The summed E-state index contributed by atoms with van der Waals surface area (Å²) in [6.07, 6.45) is 2.27. The summed E-state index contributed by atoms with van der Waals surface area (Å²) < 4.78 is 13.0. The largest absolute Gasteiger partial charge is 0.480 e. The van der Waals surface area contributed by atoms with E-state index in [9.17, 15) is 14.3 Å². The van der Waals surface area contributed by atoms with Crippen molar-refractivity contribution >= 4 is 17.3 Å². The van der Waals surface area contributed by atoms with Gasteiger partial charge in [-0.1, -0.05) is 0 Å². The van der Waals surface area contributed by atoms with E-state index >= 15 is 0 Å². The molecule has 0 fully saturated rings. The van der Waals surface area contributed by atoms with Crippen molar-refractivity contribution in [1.82, 2.24) is 19.9 Å². The molecule has 6 nitrogen and oxygen atoms in total. The number of fused-ring (bicyclic) bond motifs is 1. The van der Waals surface area contributed by atoms with Crippen LogP contribution in [0.25, 0.3) is 11.3 Å². The molecule has 0 radical (unpaired) electrons. The normalized spacial score (nSPS) is 17.4. The van der Waals surface area contributed by atoms with Crippen molar-refractivity contribution in [2.75, 3.05) is 6.54 Å². The molecule has 0 aliphatic carbocycles. The number of benzene rings is 1. The van der Waals surface area contributed by atoms with Gasteiger partial charge in [-0.2, -0.15) is 0 Å². The zero-order valence-electron chi connectivity index (χ0n) is 13.1. The van der Waals surface area contributed by atoms with E-state index in [0.29, 0.717) is 18.8 Å². The number of H-pyrrole nitrogens is 1. The lowest BCUT2D eigenvalue weighted by atomic mass is 10.0. The van der Waals surface area contributed by atoms with Crippen LogP contribution in [0, 0.1) is 5.82 Å². The van der Waals surface area contributed by atoms with E-state index in [-0.39, 0.29) is 5.82 Å². The van der Waals surface area contributed by atoms with E-state index < -0.39 is 12.0 Å². The number of aliphatic carboxylic acids is 1. The Morgan fingerprint density at radius 1 is 1.40 bits per heavy atom. The number of carboxylic acids is 1. The molecule has 0 amide bonds. The lowest BCUT2D eigenvalue weighted by molar-refractivity contribution is -0.144. The van der Waals surface area contributed by atoms with Crippen molar-refractivity contribution < 1.29 is 14.3 Å². The fourth-order valence-corrected chi connectivity index (χ4v) is 3.91. The molecule has 2 N–H and O–H groups in total. The second-order valence-electron chi connectivity index (χ2n) is 5.86. The fraction of sp³-hybridized carbons (Fsp3) is 0.235. The number of carbonyl (C=O) groups is 1. The Morgan fingerprint density at radius 3 is 2.96 bits per heavy atom. The van der Waals surface area contributed by atoms with Gasteiger partial charge in [0.1, 0.15) is 10.8 Å². The number of aromatic nitrogens is 3. The van der Waals surface area contributed by atoms with Gasteiger partial charge in [-0.3, -0.25) is 9.69 Å². The number of aromatic amines is 1. The standard InChI is InChI=1S/C17H15FN4O2S/c18-11-3-1-10(2-4-11)13-8-25-14(21-13)7-22-6-5-12-15(20-9-19-12)16(22)17(23)24/h1-4,8-9,16H,5-7H2,(H,19,20)(H,23,24)/t16-/m1/s1. The third-order valence-corrected chi connectivity index (χ3v) is 5.12. The van der Waals surface area contributed by atoms with Gasteiger partial charge in [0.25, 0.3) is 0 Å². The molecular formula is C17H15FN4O2S. The third-order valence-electron chi connectivity index (χ3n) is 4.29. The Balaban J connectivity index is 1.56. The Bertz CT molecular complexity index is 906. The van der Waals surface area contributed by atoms with Crippen LogP contribution in [0.1, 0.15) is 22.4 Å². The van der Waals surface area contributed by atoms with Crippen LogP contribution in [0.5, 0.6) is 0 Å². The summed E-state index contributed by atoms with van der Waals surface area (Å²) in [4.78, 5) is 25.4. The van der Waals surface area contributed by atoms with Gasteiger partial charge in [-0.25, -0.2) is 14.4 Å². The highest BCUT2D eigenvalue weighted by Crippen LogP contribution is 2.30. The summed E-state index contributed by atoms with van der Waals surface area (Å²) in [5.41, 5.74) is 3.07. The number of rotatable bonds is 4. The van der Waals surface area contributed by atoms with Gasteiger partial charge in [0.05, 0.1) is 24.3 Å². The van der Waals surface area contributed by atoms with Gasteiger partial charge in [0.2, 0.25) is 0 Å². The Morgan fingerprint density at radius 2 is 2.20 bits per heavy atom. The topological polar surface area (TPSA) is 82.1 Å². The molecule has 3 heterocycles. The van der Waals surface area contributed by atoms with Crippen LogP contribution in [-0.4, -0.2) is 37.5 Å². The van der Waals surface area contributed by atoms with Crippen molar-refractivity contribution in [1.29, 1.82) is 0 Å². The van der Waals surface area contributed by atoms with Gasteiger partial charge in [0, 0.05) is 29.6 Å². The maximum atomic E-state index is 13.0. The smallest absolute Gasteiger partial charge is 0.327 e. The first kappa shape index (κ1) is 15.9. The Hall–Kier alpha value is -2.58. The molecule has 3 aromatic rings. The summed E-state index contributed by atoms with van der Waals surface area (Å²) in [5, 5.41) is 12.3. The van der Waals surface area contributed by atoms with Crippen molar-refractivity contribution in [3.8, 4) is 11.3 Å². The highest BCUT2D eigenvalue weighted by atomic mass is 32.1. The highest BCUT2D eigenvalue weighted by molar-refractivity contribution is 7.09. The average Bonchev–Trinajstić information content (AvgIpc) is 3.24. The van der Waals surface area contributed by atoms with Crippen LogP contribution in [0.3, 0.4) is 0 Å². The summed E-state index contributed by atoms with van der Waals surface area (Å²) in [7, 11) is 0. The molecule has 1 atom stereocenters. The first-order valence-electron chi connectivity index (χ1n) is 7.81. The first-order valence-corrected chi connectivity index (χ1v) is 8.69. The molecule has 1 aromatic carbocycles. The van der Waals surface area contributed by atoms with Gasteiger partial charge < -0.3 is 10.1 Å². The molecule has 0 saturated heterocycles. The second kappa shape index (κ2) is 6.38. The predicted molar refractivity (Wildman–Crippen MR) is 90.6 cm³/mol. The van der Waals surface area contributed by atoms with E-state index in [4.69, 9.17) is 0 Å². The quantitative estimate of drug-likeness (QED) is 0.749. The molecule has 0 unspecified atom stereocenters. The predicted octanol–water partition coefficient (Wildman–Crippen LogP) is 2.86. The number of halogens is 1. The van der Waals surface area contributed by atoms with Crippen molar-refractivity contribution in [3.05, 3.63) is 58.2 Å². The number of hydrogen-bond donors (Lipinski definition) is 2. The van der Waals surface area contributed by atoms with Crippen LogP contribution < -0.4 is 0 Å². The van der Waals surface area contributed by atoms with E-state index in [2.05, 4.69) is 15.0 Å². The molecule has 0 spiro atoms. The van der Waals surface area contributed by atoms with E-state index in [1.54, 1.807) is 18.5 Å². The molecule has 128 valence electrons. The maximum Gasteiger partial charge on any atom is 0.327 e. The van der Waals surface area contributed by atoms with Crippen molar-refractivity contribution in [2.24, 2.45) is 0 Å². The van der Waals surface area contributed by atoms with Gasteiger partial charge in [-0.15, -0.1) is 11.3 Å². The SMILES string of the molecule is O=C(O)[C@H]1c2nc[nH]c2CCN1Cc1nc(-c2ccc(F)cc2)cs1. The van der Waals surface area contributed by atoms with Crippen molar-refractivity contribution in [2.45, 2.75) is 19.0 Å². The molecule has 2 aromatic heterocycles. The second-order valence-corrected chi connectivity index (χ2v) is 6.80. The number of nitrogens with zero attached hydrogens (tertiary/aromatic N) is 3. The third kappa shape index (κ3) is 3.06. The monoisotopic (exact) mass is 358 g/mol. The molecule has 25 heavy (non-hydrogen) atoms. The molecule has 0 bridgehead atoms. The molecular weight excluding hydrogens is 343 g/mol. The lowest BCUT2D eigenvalue weighted by Gasteiger charge is -2.31. The van der Waals surface area contributed by atoms with E-state index in [1.807, 2.05) is 10.3 Å². The molecule has 0 saturated carbocycles. The summed E-state index contributed by atoms with van der Waals surface area (Å²) in [5.74, 6) is -1.20. The maximum absolute atomic E-state index is 13.0. The number of carboxylic acid groups (broad SMARTS) is 1. The summed E-state index contributed by atoms with van der Waals surface area (Å²) >= 11 is 1.47. The number of hydrogen-bond acceptors (Lipinski definition) is 5. The first-order chi connectivity index (χ1) is 12.1. The minimum absolute atomic E-state index is 0.286. The minimum atomic E-state index is -0.914. The Labute approximate surface area is 147 Å². The molecule has 8 heteroatoms. The Kier molecular flexibility index (Phi) is 4.06. The highest BCUT2D eigenvalue weighted by Gasteiger charge is 2.35. The van der Waals surface area contributed by atoms with Crippen molar-refractivity contribution in [3.63, 3.8) is 0 Å². The van der Waals surface area contributed by atoms with E-state index in [0.717, 1.165) is 28.4 Å². The number of thiazole rings is 1. The number of nitrogens with one attached hydrogen (secondary N) is 1. The van der Waals surface area contributed by atoms with E-state index in [1.165, 1.54) is 23.5 Å². The van der Waals surface area contributed by atoms with Crippen LogP contribution in [0.4, 0.5) is 4.39 Å². The van der Waals surface area contributed by atoms with Gasteiger partial charge in [-0.05, 0) is 24.3 Å². The molecule has 1 aliphatic heterocycles. The average molecular weight is 358 g/mol. The van der Waals surface area contributed by atoms with Gasteiger partial charge in [0.15, 0.2) is 6.04 Å². The van der Waals surface area contributed by atoms with Crippen LogP contribution in [0.15, 0.2) is 36.0 Å². The molecule has 4 rings (SSSR count). The van der Waals surface area contributed by atoms with Crippen LogP contribution in [0.2, 0.25) is 0 Å². The van der Waals surface area contributed by atoms with Gasteiger partial charge >= 0.3 is 5.97 Å². The minimum Gasteiger partial charge on any atom is -0.480 e. The van der Waals surface area contributed by atoms with Crippen LogP contribution >= 0.6 is 11.3 Å². The zero-order valence-corrected chi connectivity index (χ0v) is 14.0. The fourth-order valence-electron chi connectivity index (χ4n) is 3.08. The molecule has 1 aliphatic rings. The summed E-state index contributed by atoms with van der Waals surface area (Å²) in [6.45, 7) is 1.06. The summed E-state index contributed by atoms with van der Waals surface area (Å²) in [6, 6.07) is 5.40.